The number of ether oxygens (including phenoxy) is 2. The van der Waals surface area contributed by atoms with E-state index in [1.807, 2.05) is 6.07 Å². The van der Waals surface area contributed by atoms with Gasteiger partial charge in [0.2, 0.25) is 0 Å². The minimum atomic E-state index is -2.91. The summed E-state index contributed by atoms with van der Waals surface area (Å²) in [6.45, 7) is 1.42. The van der Waals surface area contributed by atoms with Crippen molar-refractivity contribution >= 4 is 13.2 Å². The summed E-state index contributed by atoms with van der Waals surface area (Å²) in [6, 6.07) is 10.4. The quantitative estimate of drug-likeness (QED) is 0.238. The molecule has 3 unspecified atom stereocenters. The Labute approximate surface area is 187 Å². The lowest BCUT2D eigenvalue weighted by atomic mass is 9.88. The second-order valence-corrected chi connectivity index (χ2v) is 11.3. The Balaban J connectivity index is 1.87. The van der Waals surface area contributed by atoms with Crippen LogP contribution >= 0.6 is 7.37 Å². The van der Waals surface area contributed by atoms with Crippen LogP contribution in [-0.2, 0) is 25.3 Å². The van der Waals surface area contributed by atoms with Gasteiger partial charge in [-0.2, -0.15) is 0 Å². The number of methoxy groups -OCH3 is 2. The van der Waals surface area contributed by atoms with Gasteiger partial charge in [-0.05, 0) is 31.2 Å². The molecule has 1 fully saturated rings. The molecule has 0 amide bonds. The van der Waals surface area contributed by atoms with Crippen LogP contribution in [0.1, 0.15) is 50.5 Å². The molecule has 1 aromatic rings. The highest BCUT2D eigenvalue weighted by atomic mass is 31.2. The molecule has 1 aromatic carbocycles. The van der Waals surface area contributed by atoms with Crippen molar-refractivity contribution in [2.45, 2.75) is 63.6 Å². The number of aryl methyl sites for hydroxylation is 1. The number of carbonyl (C=O) groups is 1. The maximum absolute atomic E-state index is 12.6. The molecular weight excluding hydrogens is 411 g/mol. The summed E-state index contributed by atoms with van der Waals surface area (Å²) >= 11 is 0. The highest BCUT2D eigenvalue weighted by Crippen LogP contribution is 2.37. The Kier molecular flexibility index (Phi) is 11.2. The van der Waals surface area contributed by atoms with E-state index in [0.29, 0.717) is 12.6 Å². The summed E-state index contributed by atoms with van der Waals surface area (Å²) in [5, 5.41) is 0. The molecule has 2 rings (SSSR count). The van der Waals surface area contributed by atoms with E-state index in [1.54, 1.807) is 14.2 Å². The topological polar surface area (TPSA) is 72.8 Å². The molecule has 1 aliphatic rings. The predicted octanol–water partition coefficient (Wildman–Crippen LogP) is 5.26. The lowest BCUT2D eigenvalue weighted by Gasteiger charge is -2.21. The zero-order valence-corrected chi connectivity index (χ0v) is 20.1. The Hall–Kier alpha value is -1.26. The van der Waals surface area contributed by atoms with Crippen molar-refractivity contribution in [1.29, 1.82) is 0 Å². The molecule has 0 aromatic heterocycles. The van der Waals surface area contributed by atoms with Crippen molar-refractivity contribution in [2.75, 3.05) is 27.0 Å². The first kappa shape index (κ1) is 26.0. The number of hydrogen-bond donors (Lipinski definition) is 1. The molecule has 0 bridgehead atoms. The monoisotopic (exact) mass is 450 g/mol. The Morgan fingerprint density at radius 3 is 2.52 bits per heavy atom. The summed E-state index contributed by atoms with van der Waals surface area (Å²) in [5.41, 5.74) is 1.29. The maximum Gasteiger partial charge on any atom is 0.197 e. The molecule has 6 heteroatoms. The number of carbonyl (C=O) groups excluding carboxylic acids is 1. The van der Waals surface area contributed by atoms with Crippen molar-refractivity contribution in [1.82, 2.24) is 0 Å². The van der Waals surface area contributed by atoms with Gasteiger partial charge in [-0.25, -0.2) is 0 Å². The summed E-state index contributed by atoms with van der Waals surface area (Å²) in [5.74, 6) is 0.358. The minimum Gasteiger partial charge on any atom is -0.380 e. The van der Waals surface area contributed by atoms with Gasteiger partial charge >= 0.3 is 0 Å². The van der Waals surface area contributed by atoms with Gasteiger partial charge in [0.05, 0.1) is 12.2 Å². The molecule has 0 aliphatic heterocycles. The maximum atomic E-state index is 12.6. The Morgan fingerprint density at radius 2 is 1.87 bits per heavy atom. The lowest BCUT2D eigenvalue weighted by molar-refractivity contribution is -0.121. The zero-order chi connectivity index (χ0) is 22.7. The number of Topliss-reactive ketones (excluding diaryl/α,β-unsaturated/α-hetero) is 1. The average Bonchev–Trinajstić information content (AvgIpc) is 3.05. The second kappa shape index (κ2) is 13.3. The molecule has 5 atom stereocenters. The number of unbranched alkanes of at least 4 members (excludes halogenated alkanes) is 3. The van der Waals surface area contributed by atoms with Crippen LogP contribution in [0.2, 0.25) is 0 Å². The molecule has 5 nitrogen and oxygen atoms in total. The SMILES string of the molecule is COC(/C=C/[C@H]1C(OC)CC(=O)[C@@H]1CCCCCCP(C)(=O)O)CCc1ccccc1. The van der Waals surface area contributed by atoms with Gasteiger partial charge in [0.1, 0.15) is 5.78 Å². The molecule has 1 saturated carbocycles. The zero-order valence-electron chi connectivity index (χ0n) is 19.2. The standard InChI is InChI=1S/C25H39O5P/c1-29-21(15-14-20-11-7-6-8-12-20)16-17-23-22(24(26)19-25(23)30-2)13-9-4-5-10-18-31(3,27)28/h6-8,11-12,16-17,21-23,25H,4-5,9-10,13-15,18-19H2,1-3H3,(H,27,28)/b17-16+/t21?,22-,23-,25?/m1/s1. The van der Waals surface area contributed by atoms with Crippen LogP contribution in [0, 0.1) is 11.8 Å². The van der Waals surface area contributed by atoms with E-state index in [9.17, 15) is 14.3 Å². The number of benzene rings is 1. The highest BCUT2D eigenvalue weighted by Gasteiger charge is 2.40. The van der Waals surface area contributed by atoms with Gasteiger partial charge in [0.25, 0.3) is 0 Å². The van der Waals surface area contributed by atoms with E-state index in [0.717, 1.165) is 44.9 Å². The van der Waals surface area contributed by atoms with Gasteiger partial charge in [0.15, 0.2) is 7.37 Å². The first-order valence-electron chi connectivity index (χ1n) is 11.4. The highest BCUT2D eigenvalue weighted by molar-refractivity contribution is 7.57. The van der Waals surface area contributed by atoms with E-state index in [4.69, 9.17) is 9.47 Å². The lowest BCUT2D eigenvalue weighted by Crippen LogP contribution is -2.21. The van der Waals surface area contributed by atoms with Crippen molar-refractivity contribution in [3.8, 4) is 0 Å². The molecular formula is C25H39O5P. The van der Waals surface area contributed by atoms with E-state index in [1.165, 1.54) is 12.2 Å². The van der Waals surface area contributed by atoms with Crippen LogP contribution in [0.5, 0.6) is 0 Å². The van der Waals surface area contributed by atoms with Gasteiger partial charge in [0, 0.05) is 45.3 Å². The smallest absolute Gasteiger partial charge is 0.197 e. The molecule has 1 aliphatic carbocycles. The van der Waals surface area contributed by atoms with Crippen LogP contribution in [0.3, 0.4) is 0 Å². The van der Waals surface area contributed by atoms with Crippen LogP contribution < -0.4 is 0 Å². The third-order valence-electron chi connectivity index (χ3n) is 6.26. The third-order valence-corrected chi connectivity index (χ3v) is 7.41. The van der Waals surface area contributed by atoms with Crippen molar-refractivity contribution in [3.05, 3.63) is 48.0 Å². The predicted molar refractivity (Wildman–Crippen MR) is 126 cm³/mol. The minimum absolute atomic E-state index is 0.0112. The van der Waals surface area contributed by atoms with Crippen LogP contribution in [-0.4, -0.2) is 49.9 Å². The normalized spacial score (nSPS) is 24.5. The van der Waals surface area contributed by atoms with Crippen LogP contribution in [0.25, 0.3) is 0 Å². The van der Waals surface area contributed by atoms with Crippen molar-refractivity contribution in [3.63, 3.8) is 0 Å². The van der Waals surface area contributed by atoms with Gasteiger partial charge in [-0.3, -0.25) is 9.36 Å². The summed E-state index contributed by atoms with van der Waals surface area (Å²) in [7, 11) is 0.506. The molecule has 0 saturated heterocycles. The molecule has 0 heterocycles. The number of ketones is 1. The Morgan fingerprint density at radius 1 is 1.16 bits per heavy atom. The van der Waals surface area contributed by atoms with Crippen molar-refractivity contribution < 1.29 is 23.7 Å². The van der Waals surface area contributed by atoms with Gasteiger partial charge in [-0.15, -0.1) is 0 Å². The summed E-state index contributed by atoms with van der Waals surface area (Å²) in [4.78, 5) is 22.0. The number of rotatable bonds is 14. The average molecular weight is 451 g/mol. The van der Waals surface area contributed by atoms with Crippen LogP contribution in [0.15, 0.2) is 42.5 Å². The summed E-state index contributed by atoms with van der Waals surface area (Å²) in [6.07, 6.45) is 11.4. The fourth-order valence-electron chi connectivity index (χ4n) is 4.43. The first-order chi connectivity index (χ1) is 14.8. The third kappa shape index (κ3) is 9.41. The molecule has 1 N–H and O–H groups in total. The molecule has 0 radical (unpaired) electrons. The largest absolute Gasteiger partial charge is 0.380 e. The second-order valence-electron chi connectivity index (χ2n) is 8.79. The van der Waals surface area contributed by atoms with Gasteiger partial charge in [-0.1, -0.05) is 61.7 Å². The first-order valence-corrected chi connectivity index (χ1v) is 13.7. The van der Waals surface area contributed by atoms with E-state index in [2.05, 4.69) is 36.4 Å². The van der Waals surface area contributed by atoms with E-state index in [-0.39, 0.29) is 29.8 Å². The number of hydrogen-bond acceptors (Lipinski definition) is 4. The molecule has 174 valence electrons. The van der Waals surface area contributed by atoms with Crippen molar-refractivity contribution in [2.24, 2.45) is 11.8 Å². The van der Waals surface area contributed by atoms with E-state index < -0.39 is 7.37 Å². The van der Waals surface area contributed by atoms with Crippen LogP contribution in [0.4, 0.5) is 0 Å². The molecule has 0 spiro atoms. The fourth-order valence-corrected chi connectivity index (χ4v) is 5.24. The molecule has 31 heavy (non-hydrogen) atoms. The van der Waals surface area contributed by atoms with E-state index >= 15 is 0 Å². The van der Waals surface area contributed by atoms with Gasteiger partial charge < -0.3 is 14.4 Å². The summed E-state index contributed by atoms with van der Waals surface area (Å²) < 4.78 is 22.7. The Bertz CT molecular complexity index is 727. The fraction of sp³-hybridized carbons (Fsp3) is 0.640.